The van der Waals surface area contributed by atoms with E-state index < -0.39 is 0 Å². The first-order valence-corrected chi connectivity index (χ1v) is 8.39. The molecule has 1 heterocycles. The van der Waals surface area contributed by atoms with Crippen LogP contribution in [-0.4, -0.2) is 12.4 Å². The van der Waals surface area contributed by atoms with Crippen LogP contribution in [0.25, 0.3) is 11.0 Å². The lowest BCUT2D eigenvalue weighted by Crippen LogP contribution is -2.12. The van der Waals surface area contributed by atoms with Crippen molar-refractivity contribution >= 4 is 16.8 Å². The van der Waals surface area contributed by atoms with E-state index >= 15 is 0 Å². The zero-order chi connectivity index (χ0) is 18.7. The van der Waals surface area contributed by atoms with Crippen molar-refractivity contribution in [1.82, 2.24) is 0 Å². The molecular formula is C22H20O4. The van der Waals surface area contributed by atoms with Crippen molar-refractivity contribution in [3.63, 3.8) is 0 Å². The third-order valence-electron chi connectivity index (χ3n) is 4.35. The van der Waals surface area contributed by atoms with Crippen LogP contribution in [0.1, 0.15) is 27.0 Å². The Bertz CT molecular complexity index is 1030. The van der Waals surface area contributed by atoms with Crippen LogP contribution in [0.2, 0.25) is 0 Å². The average molecular weight is 348 g/mol. The Morgan fingerprint density at radius 1 is 1.15 bits per heavy atom. The summed E-state index contributed by atoms with van der Waals surface area (Å²) in [6.07, 6.45) is 2.15. The van der Waals surface area contributed by atoms with Gasteiger partial charge in [-0.3, -0.25) is 4.79 Å². The minimum atomic E-state index is -0.372. The minimum Gasteiger partial charge on any atom is -0.485 e. The largest absolute Gasteiger partial charge is 0.485 e. The van der Waals surface area contributed by atoms with Crippen LogP contribution in [0, 0.1) is 13.8 Å². The van der Waals surface area contributed by atoms with E-state index in [4.69, 9.17) is 9.15 Å². The molecule has 0 unspecified atom stereocenters. The van der Waals surface area contributed by atoms with E-state index in [0.29, 0.717) is 28.9 Å². The van der Waals surface area contributed by atoms with Gasteiger partial charge in [-0.1, -0.05) is 35.9 Å². The molecule has 3 aromatic rings. The van der Waals surface area contributed by atoms with Crippen LogP contribution in [0.5, 0.6) is 5.75 Å². The highest BCUT2D eigenvalue weighted by atomic mass is 16.5. The second kappa shape index (κ2) is 7.40. The van der Waals surface area contributed by atoms with Crippen molar-refractivity contribution in [2.24, 2.45) is 0 Å². The maximum atomic E-state index is 12.2. The zero-order valence-corrected chi connectivity index (χ0v) is 14.9. The van der Waals surface area contributed by atoms with Gasteiger partial charge in [0, 0.05) is 22.6 Å². The molecule has 0 bridgehead atoms. The highest BCUT2D eigenvalue weighted by molar-refractivity contribution is 5.97. The number of carbonyl (C=O) groups excluding carboxylic acids is 1. The summed E-state index contributed by atoms with van der Waals surface area (Å²) >= 11 is 0. The smallest absolute Gasteiger partial charge is 0.340 e. The summed E-state index contributed by atoms with van der Waals surface area (Å²) in [5, 5.41) is 0.846. The second-order valence-corrected chi connectivity index (χ2v) is 6.22. The first-order chi connectivity index (χ1) is 12.5. The summed E-state index contributed by atoms with van der Waals surface area (Å²) in [6, 6.07) is 12.6. The fraction of sp³-hybridized carbons (Fsp3) is 0.182. The van der Waals surface area contributed by atoms with Gasteiger partial charge in [-0.2, -0.15) is 0 Å². The number of benzene rings is 2. The molecule has 0 atom stereocenters. The first-order valence-electron chi connectivity index (χ1n) is 8.39. The Hall–Kier alpha value is -3.14. The van der Waals surface area contributed by atoms with Gasteiger partial charge in [-0.15, -0.1) is 6.58 Å². The Kier molecular flexibility index (Phi) is 5.03. The lowest BCUT2D eigenvalue weighted by atomic mass is 10.0. The molecule has 0 N–H and O–H groups in total. The molecule has 0 amide bonds. The van der Waals surface area contributed by atoms with E-state index in [2.05, 4.69) is 6.58 Å². The van der Waals surface area contributed by atoms with Gasteiger partial charge in [0.25, 0.3) is 0 Å². The fourth-order valence-electron chi connectivity index (χ4n) is 2.82. The summed E-state index contributed by atoms with van der Waals surface area (Å²) in [7, 11) is 0. The highest BCUT2D eigenvalue weighted by Gasteiger charge is 2.12. The number of hydrogen-bond donors (Lipinski definition) is 0. The van der Waals surface area contributed by atoms with Crippen LogP contribution in [0.3, 0.4) is 0 Å². The second-order valence-electron chi connectivity index (χ2n) is 6.22. The van der Waals surface area contributed by atoms with E-state index in [1.165, 1.54) is 0 Å². The van der Waals surface area contributed by atoms with Gasteiger partial charge < -0.3 is 9.15 Å². The van der Waals surface area contributed by atoms with Crippen molar-refractivity contribution in [1.29, 1.82) is 0 Å². The molecule has 0 spiro atoms. The lowest BCUT2D eigenvalue weighted by Gasteiger charge is -2.09. The van der Waals surface area contributed by atoms with Crippen molar-refractivity contribution in [2.45, 2.75) is 20.3 Å². The molecule has 4 nitrogen and oxygen atoms in total. The molecule has 0 aliphatic rings. The average Bonchev–Trinajstić information content (AvgIpc) is 2.63. The number of ether oxygens (including phenoxy) is 1. The Labute approximate surface area is 151 Å². The van der Waals surface area contributed by atoms with E-state index in [-0.39, 0.29) is 18.0 Å². The Morgan fingerprint density at radius 2 is 1.88 bits per heavy atom. The molecule has 0 aliphatic carbocycles. The van der Waals surface area contributed by atoms with Crippen LogP contribution in [0.4, 0.5) is 0 Å². The number of ketones is 1. The molecule has 0 aliphatic heterocycles. The SMILES string of the molecule is C=CCc1c(C)c2ccc(OCC(=O)c3ccc(C)cc3)cc2oc1=O. The van der Waals surface area contributed by atoms with Crippen LogP contribution in [-0.2, 0) is 6.42 Å². The van der Waals surface area contributed by atoms with Crippen LogP contribution < -0.4 is 10.4 Å². The zero-order valence-electron chi connectivity index (χ0n) is 14.9. The predicted molar refractivity (Wildman–Crippen MR) is 102 cm³/mol. The number of aryl methyl sites for hydroxylation is 2. The number of hydrogen-bond acceptors (Lipinski definition) is 4. The minimum absolute atomic E-state index is 0.0771. The van der Waals surface area contributed by atoms with Gasteiger partial charge in [0.15, 0.2) is 12.4 Å². The number of Topliss-reactive ketones (excluding diaryl/α,β-unsaturated/α-hetero) is 1. The topological polar surface area (TPSA) is 56.5 Å². The van der Waals surface area contributed by atoms with Crippen molar-refractivity contribution in [3.8, 4) is 5.75 Å². The van der Waals surface area contributed by atoms with Gasteiger partial charge in [-0.05, 0) is 38.0 Å². The van der Waals surface area contributed by atoms with Gasteiger partial charge in [0.05, 0.1) is 0 Å². The summed E-state index contributed by atoms with van der Waals surface area (Å²) in [4.78, 5) is 24.3. The van der Waals surface area contributed by atoms with E-state index in [9.17, 15) is 9.59 Å². The Morgan fingerprint density at radius 3 is 2.58 bits per heavy atom. The standard InChI is InChI=1S/C22H20O4/c1-4-5-19-15(3)18-11-10-17(12-21(18)26-22(19)24)25-13-20(23)16-8-6-14(2)7-9-16/h4,6-12H,1,5,13H2,2-3H3. The van der Waals surface area contributed by atoms with E-state index in [1.807, 2.05) is 32.0 Å². The van der Waals surface area contributed by atoms with Gasteiger partial charge in [0.1, 0.15) is 11.3 Å². The van der Waals surface area contributed by atoms with Crippen LogP contribution >= 0.6 is 0 Å². The molecule has 3 rings (SSSR count). The maximum absolute atomic E-state index is 12.2. The van der Waals surface area contributed by atoms with Crippen molar-refractivity contribution in [2.75, 3.05) is 6.61 Å². The molecule has 0 fully saturated rings. The summed E-state index contributed by atoms with van der Waals surface area (Å²) in [6.45, 7) is 7.45. The van der Waals surface area contributed by atoms with Crippen molar-refractivity contribution < 1.29 is 13.9 Å². The lowest BCUT2D eigenvalue weighted by molar-refractivity contribution is 0.0921. The summed E-state index contributed by atoms with van der Waals surface area (Å²) in [5.41, 5.74) is 3.25. The summed E-state index contributed by atoms with van der Waals surface area (Å²) < 4.78 is 11.0. The van der Waals surface area contributed by atoms with Crippen molar-refractivity contribution in [3.05, 3.63) is 87.8 Å². The monoisotopic (exact) mass is 348 g/mol. The highest BCUT2D eigenvalue weighted by Crippen LogP contribution is 2.24. The Balaban J connectivity index is 1.82. The number of rotatable bonds is 6. The molecule has 0 saturated heterocycles. The molecule has 26 heavy (non-hydrogen) atoms. The molecule has 4 heteroatoms. The third-order valence-corrected chi connectivity index (χ3v) is 4.35. The van der Waals surface area contributed by atoms with Crippen LogP contribution in [0.15, 0.2) is 64.3 Å². The number of allylic oxidation sites excluding steroid dienone is 1. The van der Waals surface area contributed by atoms with E-state index in [0.717, 1.165) is 16.5 Å². The maximum Gasteiger partial charge on any atom is 0.340 e. The summed E-state index contributed by atoms with van der Waals surface area (Å²) in [5.74, 6) is 0.376. The predicted octanol–water partition coefficient (Wildman–Crippen LogP) is 4.40. The van der Waals surface area contributed by atoms with Gasteiger partial charge >= 0.3 is 5.63 Å². The number of fused-ring (bicyclic) bond motifs is 1. The van der Waals surface area contributed by atoms with E-state index in [1.54, 1.807) is 30.3 Å². The third kappa shape index (κ3) is 3.59. The molecule has 132 valence electrons. The fourth-order valence-corrected chi connectivity index (χ4v) is 2.82. The molecule has 1 aromatic heterocycles. The molecule has 2 aromatic carbocycles. The van der Waals surface area contributed by atoms with Gasteiger partial charge in [0.2, 0.25) is 0 Å². The van der Waals surface area contributed by atoms with Gasteiger partial charge in [-0.25, -0.2) is 4.79 Å². The normalized spacial score (nSPS) is 10.7. The molecule has 0 radical (unpaired) electrons. The quantitative estimate of drug-likeness (QED) is 0.376. The first kappa shape index (κ1) is 17.7. The molecular weight excluding hydrogens is 328 g/mol. The number of carbonyl (C=O) groups is 1. The molecule has 0 saturated carbocycles.